The van der Waals surface area contributed by atoms with Crippen molar-refractivity contribution in [2.24, 2.45) is 0 Å². The van der Waals surface area contributed by atoms with Gasteiger partial charge in [-0.2, -0.15) is 0 Å². The third-order valence-corrected chi connectivity index (χ3v) is 2.22. The summed E-state index contributed by atoms with van der Waals surface area (Å²) in [5, 5.41) is -0.543. The highest BCUT2D eigenvalue weighted by atomic mass is 35.5. The van der Waals surface area contributed by atoms with Crippen LogP contribution in [0.1, 0.15) is 5.82 Å². The number of ether oxygens (including phenoxy) is 2. The summed E-state index contributed by atoms with van der Waals surface area (Å²) < 4.78 is 23.0. The Bertz CT molecular complexity index is 329. The second-order valence-electron chi connectivity index (χ2n) is 2.89. The van der Waals surface area contributed by atoms with Crippen LogP contribution in [0.4, 0.5) is 4.39 Å². The first-order valence-corrected chi connectivity index (χ1v) is 5.35. The van der Waals surface area contributed by atoms with Crippen molar-refractivity contribution in [3.63, 3.8) is 0 Å². The molecular formula is C9H11Cl2FN2O2. The molecule has 0 spiro atoms. The average molecular weight is 269 g/mol. The molecule has 7 heteroatoms. The van der Waals surface area contributed by atoms with Crippen molar-refractivity contribution < 1.29 is 13.9 Å². The maximum absolute atomic E-state index is 13.0. The molecule has 0 bridgehead atoms. The van der Waals surface area contributed by atoms with Crippen LogP contribution in [0.25, 0.3) is 0 Å². The van der Waals surface area contributed by atoms with Crippen molar-refractivity contribution in [1.29, 1.82) is 0 Å². The van der Waals surface area contributed by atoms with E-state index in [4.69, 9.17) is 32.7 Å². The van der Waals surface area contributed by atoms with Gasteiger partial charge in [0.15, 0.2) is 16.1 Å². The Hall–Kier alpha value is -0.490. The van der Waals surface area contributed by atoms with Gasteiger partial charge in [0.2, 0.25) is 0 Å². The molecule has 90 valence electrons. The lowest BCUT2D eigenvalue weighted by Gasteiger charge is -2.04. The van der Waals surface area contributed by atoms with E-state index < -0.39 is 5.82 Å². The molecule has 0 amide bonds. The van der Waals surface area contributed by atoms with Crippen LogP contribution in [0.3, 0.4) is 0 Å². The smallest absolute Gasteiger partial charge is 0.197 e. The van der Waals surface area contributed by atoms with Crippen molar-refractivity contribution in [3.05, 3.63) is 21.9 Å². The Morgan fingerprint density at radius 3 is 2.31 bits per heavy atom. The minimum absolute atomic E-state index is 0.271. The molecule has 0 fully saturated rings. The lowest BCUT2D eigenvalue weighted by atomic mass is 10.4. The van der Waals surface area contributed by atoms with E-state index in [1.165, 1.54) is 0 Å². The zero-order chi connectivity index (χ0) is 12.0. The Morgan fingerprint density at radius 1 is 1.12 bits per heavy atom. The molecule has 16 heavy (non-hydrogen) atoms. The highest BCUT2D eigenvalue weighted by Gasteiger charge is 2.10. The zero-order valence-corrected chi connectivity index (χ0v) is 10.2. The van der Waals surface area contributed by atoms with Crippen molar-refractivity contribution in [3.8, 4) is 0 Å². The average Bonchev–Trinajstić information content (AvgIpc) is 2.25. The van der Waals surface area contributed by atoms with E-state index in [1.807, 2.05) is 0 Å². The van der Waals surface area contributed by atoms with Crippen molar-refractivity contribution in [1.82, 2.24) is 9.97 Å². The molecule has 0 radical (unpaired) electrons. The minimum Gasteiger partial charge on any atom is -0.382 e. The molecule has 1 rings (SSSR count). The molecule has 0 aliphatic rings. The summed E-state index contributed by atoms with van der Waals surface area (Å²) in [6.45, 7) is 1.41. The summed E-state index contributed by atoms with van der Waals surface area (Å²) in [7, 11) is 1.59. The number of aromatic nitrogens is 2. The number of halogens is 3. The van der Waals surface area contributed by atoms with Crippen LogP contribution in [0.2, 0.25) is 10.3 Å². The van der Waals surface area contributed by atoms with Crippen LogP contribution in [0.5, 0.6) is 0 Å². The van der Waals surface area contributed by atoms with Crippen molar-refractivity contribution >= 4 is 23.2 Å². The predicted octanol–water partition coefficient (Wildman–Crippen LogP) is 2.13. The van der Waals surface area contributed by atoms with Gasteiger partial charge in [-0.15, -0.1) is 0 Å². The van der Waals surface area contributed by atoms with E-state index in [0.717, 1.165) is 0 Å². The van der Waals surface area contributed by atoms with Crippen molar-refractivity contribution in [2.75, 3.05) is 26.9 Å². The largest absolute Gasteiger partial charge is 0.382 e. The minimum atomic E-state index is -0.799. The van der Waals surface area contributed by atoms with Gasteiger partial charge in [0.25, 0.3) is 0 Å². The first kappa shape index (κ1) is 13.6. The van der Waals surface area contributed by atoms with Gasteiger partial charge in [0.05, 0.1) is 19.8 Å². The SMILES string of the molecule is COCCOCCc1nc(Cl)c(F)c(Cl)n1. The number of nitrogens with zero attached hydrogens (tertiary/aromatic N) is 2. The van der Waals surface area contributed by atoms with Gasteiger partial charge >= 0.3 is 0 Å². The molecule has 0 unspecified atom stereocenters. The lowest BCUT2D eigenvalue weighted by Crippen LogP contribution is -2.07. The lowest BCUT2D eigenvalue weighted by molar-refractivity contribution is 0.0716. The molecule has 0 aliphatic heterocycles. The molecule has 1 heterocycles. The van der Waals surface area contributed by atoms with Gasteiger partial charge in [-0.3, -0.25) is 0 Å². The van der Waals surface area contributed by atoms with Gasteiger partial charge in [0, 0.05) is 13.5 Å². The maximum atomic E-state index is 13.0. The standard InChI is InChI=1S/C9H11Cl2FN2O2/c1-15-4-5-16-3-2-6-13-8(10)7(12)9(11)14-6/h2-5H2,1H3. The van der Waals surface area contributed by atoms with E-state index in [-0.39, 0.29) is 10.3 Å². The fraction of sp³-hybridized carbons (Fsp3) is 0.556. The first-order valence-electron chi connectivity index (χ1n) is 4.59. The van der Waals surface area contributed by atoms with E-state index in [1.54, 1.807) is 7.11 Å². The van der Waals surface area contributed by atoms with Gasteiger partial charge < -0.3 is 9.47 Å². The summed E-state index contributed by atoms with van der Waals surface area (Å²) in [5.41, 5.74) is 0. The Morgan fingerprint density at radius 2 is 1.75 bits per heavy atom. The normalized spacial score (nSPS) is 10.8. The maximum Gasteiger partial charge on any atom is 0.197 e. The van der Waals surface area contributed by atoms with E-state index in [9.17, 15) is 4.39 Å². The molecule has 0 N–H and O–H groups in total. The molecule has 1 aromatic rings. The topological polar surface area (TPSA) is 44.2 Å². The quantitative estimate of drug-likeness (QED) is 0.586. The second kappa shape index (κ2) is 6.96. The number of rotatable bonds is 6. The van der Waals surface area contributed by atoms with Crippen LogP contribution in [-0.4, -0.2) is 36.9 Å². The fourth-order valence-electron chi connectivity index (χ4n) is 0.954. The second-order valence-corrected chi connectivity index (χ2v) is 3.61. The number of hydrogen-bond donors (Lipinski definition) is 0. The van der Waals surface area contributed by atoms with Crippen LogP contribution in [-0.2, 0) is 15.9 Å². The van der Waals surface area contributed by atoms with Gasteiger partial charge in [-0.1, -0.05) is 23.2 Å². The number of hydrogen-bond acceptors (Lipinski definition) is 4. The van der Waals surface area contributed by atoms with Gasteiger partial charge in [0.1, 0.15) is 5.82 Å². The third kappa shape index (κ3) is 4.17. The Kier molecular flexibility index (Phi) is 5.90. The monoisotopic (exact) mass is 268 g/mol. The molecule has 0 aromatic carbocycles. The third-order valence-electron chi connectivity index (χ3n) is 1.72. The highest BCUT2D eigenvalue weighted by molar-refractivity contribution is 6.33. The molecule has 0 saturated carbocycles. The van der Waals surface area contributed by atoms with Gasteiger partial charge in [-0.05, 0) is 0 Å². The van der Waals surface area contributed by atoms with E-state index in [2.05, 4.69) is 9.97 Å². The Balaban J connectivity index is 2.43. The molecule has 1 aromatic heterocycles. The molecule has 0 atom stereocenters. The van der Waals surface area contributed by atoms with E-state index in [0.29, 0.717) is 32.1 Å². The summed E-state index contributed by atoms with van der Waals surface area (Å²) >= 11 is 11.0. The summed E-state index contributed by atoms with van der Waals surface area (Å²) in [6.07, 6.45) is 0.420. The predicted molar refractivity (Wildman–Crippen MR) is 58.4 cm³/mol. The molecule has 0 aliphatic carbocycles. The summed E-state index contributed by atoms with van der Waals surface area (Å²) in [5.74, 6) is -0.443. The molecular weight excluding hydrogens is 258 g/mol. The van der Waals surface area contributed by atoms with E-state index >= 15 is 0 Å². The van der Waals surface area contributed by atoms with Crippen LogP contribution < -0.4 is 0 Å². The summed E-state index contributed by atoms with van der Waals surface area (Å²) in [6, 6.07) is 0. The van der Waals surface area contributed by atoms with Gasteiger partial charge in [-0.25, -0.2) is 14.4 Å². The van der Waals surface area contributed by atoms with Crippen LogP contribution in [0.15, 0.2) is 0 Å². The highest BCUT2D eigenvalue weighted by Crippen LogP contribution is 2.18. The first-order chi connectivity index (χ1) is 7.65. The van der Waals surface area contributed by atoms with Crippen LogP contribution in [0, 0.1) is 5.82 Å². The Labute approximate surface area is 103 Å². The zero-order valence-electron chi connectivity index (χ0n) is 8.67. The van der Waals surface area contributed by atoms with Crippen molar-refractivity contribution in [2.45, 2.75) is 6.42 Å². The summed E-state index contributed by atoms with van der Waals surface area (Å²) in [4.78, 5) is 7.47. The molecule has 4 nitrogen and oxygen atoms in total. The molecule has 0 saturated heterocycles. The van der Waals surface area contributed by atoms with Crippen LogP contribution >= 0.6 is 23.2 Å². The fourth-order valence-corrected chi connectivity index (χ4v) is 1.38. The number of methoxy groups -OCH3 is 1.